The van der Waals surface area contributed by atoms with Crippen LogP contribution >= 0.6 is 37.0 Å². The van der Waals surface area contributed by atoms with Crippen molar-refractivity contribution in [1.29, 1.82) is 0 Å². The Balaban J connectivity index is 4.37. The average Bonchev–Trinajstić information content (AvgIpc) is 2.49. The van der Waals surface area contributed by atoms with Crippen molar-refractivity contribution in [3.63, 3.8) is 0 Å². The standard InChI is InChI=1S/C13H19N3O3S3/c17-8-14-2-1-11(20)5-13(22-4-3-15-9-18)6-12(21)7-16-10-19/h11-13,20-21H,1-7H2. The van der Waals surface area contributed by atoms with Gasteiger partial charge in [-0.1, -0.05) is 0 Å². The van der Waals surface area contributed by atoms with Crippen LogP contribution in [0.25, 0.3) is 0 Å². The van der Waals surface area contributed by atoms with Crippen molar-refractivity contribution in [2.24, 2.45) is 15.0 Å². The van der Waals surface area contributed by atoms with E-state index in [1.165, 1.54) is 18.2 Å². The van der Waals surface area contributed by atoms with Gasteiger partial charge in [0.1, 0.15) is 0 Å². The molecule has 0 amide bonds. The van der Waals surface area contributed by atoms with Crippen LogP contribution in [0, 0.1) is 0 Å². The maximum absolute atomic E-state index is 10.1. The van der Waals surface area contributed by atoms with Crippen LogP contribution < -0.4 is 0 Å². The SMILES string of the molecule is O=C=NCCSC(CC(S)CCN=C=O)CC(S)CN=C=O. The summed E-state index contributed by atoms with van der Waals surface area (Å²) in [5.41, 5.74) is 0. The fourth-order valence-corrected chi connectivity index (χ4v) is 4.00. The first-order valence-corrected chi connectivity index (χ1v) is 8.80. The van der Waals surface area contributed by atoms with Crippen LogP contribution in [0.15, 0.2) is 15.0 Å². The van der Waals surface area contributed by atoms with Gasteiger partial charge in [0.2, 0.25) is 18.2 Å². The molecule has 0 aliphatic heterocycles. The molecule has 0 fully saturated rings. The third-order valence-corrected chi connectivity index (χ3v) is 4.81. The molecule has 0 radical (unpaired) electrons. The van der Waals surface area contributed by atoms with Crippen LogP contribution in [-0.2, 0) is 14.4 Å². The van der Waals surface area contributed by atoms with Gasteiger partial charge in [0.05, 0.1) is 19.6 Å². The second kappa shape index (κ2) is 15.1. The Hall–Kier alpha value is -0.810. The molecule has 0 aromatic rings. The highest BCUT2D eigenvalue weighted by molar-refractivity contribution is 8.00. The lowest BCUT2D eigenvalue weighted by Gasteiger charge is -2.21. The number of hydrogen-bond acceptors (Lipinski definition) is 9. The lowest BCUT2D eigenvalue weighted by molar-refractivity contribution is 0.559. The monoisotopic (exact) mass is 361 g/mol. The summed E-state index contributed by atoms with van der Waals surface area (Å²) < 4.78 is 0. The summed E-state index contributed by atoms with van der Waals surface area (Å²) in [7, 11) is 0. The zero-order chi connectivity index (χ0) is 16.6. The summed E-state index contributed by atoms with van der Waals surface area (Å²) in [5.74, 6) is 0.699. The van der Waals surface area contributed by atoms with E-state index in [9.17, 15) is 14.4 Å². The zero-order valence-corrected chi connectivity index (χ0v) is 14.7. The minimum Gasteiger partial charge on any atom is -0.211 e. The molecule has 3 unspecified atom stereocenters. The van der Waals surface area contributed by atoms with Gasteiger partial charge in [0.15, 0.2) is 0 Å². The Bertz CT molecular complexity index is 445. The molecule has 0 aromatic carbocycles. The van der Waals surface area contributed by atoms with Gasteiger partial charge in [0.25, 0.3) is 0 Å². The zero-order valence-electron chi connectivity index (χ0n) is 12.1. The van der Waals surface area contributed by atoms with Crippen LogP contribution in [-0.4, -0.2) is 59.4 Å². The van der Waals surface area contributed by atoms with Gasteiger partial charge in [-0.05, 0) is 19.3 Å². The van der Waals surface area contributed by atoms with E-state index in [0.29, 0.717) is 31.8 Å². The first-order chi connectivity index (χ1) is 10.6. The van der Waals surface area contributed by atoms with E-state index in [-0.39, 0.29) is 15.7 Å². The molecule has 0 rings (SSSR count). The summed E-state index contributed by atoms with van der Waals surface area (Å²) in [4.78, 5) is 40.8. The predicted octanol–water partition coefficient (Wildman–Crippen LogP) is 1.86. The number of carbonyl (C=O) groups excluding carboxylic acids is 3. The summed E-state index contributed by atoms with van der Waals surface area (Å²) in [6.07, 6.45) is 6.75. The van der Waals surface area contributed by atoms with Crippen LogP contribution in [0.1, 0.15) is 19.3 Å². The number of rotatable bonds is 13. The first kappa shape index (κ1) is 21.2. The van der Waals surface area contributed by atoms with Crippen molar-refractivity contribution < 1.29 is 14.4 Å². The predicted molar refractivity (Wildman–Crippen MR) is 94.6 cm³/mol. The van der Waals surface area contributed by atoms with Crippen LogP contribution in [0.4, 0.5) is 0 Å². The molecule has 9 heteroatoms. The minimum absolute atomic E-state index is 0.0398. The number of hydrogen-bond donors (Lipinski definition) is 2. The van der Waals surface area contributed by atoms with Crippen molar-refractivity contribution in [2.45, 2.75) is 35.0 Å². The van der Waals surface area contributed by atoms with E-state index in [1.54, 1.807) is 11.8 Å². The number of thiol groups is 2. The summed E-state index contributed by atoms with van der Waals surface area (Å²) >= 11 is 10.6. The molecule has 122 valence electrons. The molecule has 0 aliphatic carbocycles. The van der Waals surface area contributed by atoms with Gasteiger partial charge in [-0.25, -0.2) is 29.4 Å². The molecular formula is C13H19N3O3S3. The average molecular weight is 362 g/mol. The molecule has 6 nitrogen and oxygen atoms in total. The Labute approximate surface area is 145 Å². The topological polar surface area (TPSA) is 88.3 Å². The van der Waals surface area contributed by atoms with Gasteiger partial charge in [-0.2, -0.15) is 37.0 Å². The van der Waals surface area contributed by atoms with Gasteiger partial charge < -0.3 is 0 Å². The highest BCUT2D eigenvalue weighted by atomic mass is 32.2. The Morgan fingerprint density at radius 2 is 1.45 bits per heavy atom. The van der Waals surface area contributed by atoms with Crippen LogP contribution in [0.2, 0.25) is 0 Å². The summed E-state index contributed by atoms with van der Waals surface area (Å²) in [6, 6.07) is 0. The minimum atomic E-state index is -0.0398. The van der Waals surface area contributed by atoms with Crippen molar-refractivity contribution in [3.05, 3.63) is 0 Å². The summed E-state index contributed by atoms with van der Waals surface area (Å²) in [6.45, 7) is 1.15. The number of aliphatic imine (C=N–C) groups is 3. The highest BCUT2D eigenvalue weighted by Gasteiger charge is 2.18. The Morgan fingerprint density at radius 3 is 2.09 bits per heavy atom. The number of nitrogens with zero attached hydrogens (tertiary/aromatic N) is 3. The van der Waals surface area contributed by atoms with Crippen molar-refractivity contribution in [3.8, 4) is 0 Å². The molecule has 0 saturated heterocycles. The maximum atomic E-state index is 10.1. The maximum Gasteiger partial charge on any atom is 0.234 e. The van der Waals surface area contributed by atoms with Gasteiger partial charge in [0, 0.05) is 21.5 Å². The molecule has 0 bridgehead atoms. The normalized spacial score (nSPS) is 13.9. The summed E-state index contributed by atoms with van der Waals surface area (Å²) in [5, 5.41) is 0.301. The third kappa shape index (κ3) is 12.9. The third-order valence-electron chi connectivity index (χ3n) is 2.70. The van der Waals surface area contributed by atoms with Crippen molar-refractivity contribution in [2.75, 3.05) is 25.4 Å². The highest BCUT2D eigenvalue weighted by Crippen LogP contribution is 2.26. The van der Waals surface area contributed by atoms with Gasteiger partial charge >= 0.3 is 0 Å². The first-order valence-electron chi connectivity index (χ1n) is 6.72. The lowest BCUT2D eigenvalue weighted by Crippen LogP contribution is -2.19. The molecule has 0 aromatic heterocycles. The van der Waals surface area contributed by atoms with E-state index in [1.807, 2.05) is 0 Å². The van der Waals surface area contributed by atoms with Crippen LogP contribution in [0.3, 0.4) is 0 Å². The Morgan fingerprint density at radius 1 is 0.864 bits per heavy atom. The molecule has 0 aliphatic rings. The molecular weight excluding hydrogens is 342 g/mol. The molecule has 0 saturated carbocycles. The fraction of sp³-hybridized carbons (Fsp3) is 0.769. The van der Waals surface area contributed by atoms with E-state index < -0.39 is 0 Å². The largest absolute Gasteiger partial charge is 0.234 e. The fourth-order valence-electron chi connectivity index (χ4n) is 1.74. The van der Waals surface area contributed by atoms with Crippen molar-refractivity contribution in [1.82, 2.24) is 0 Å². The van der Waals surface area contributed by atoms with E-state index >= 15 is 0 Å². The van der Waals surface area contributed by atoms with Crippen LogP contribution in [0.5, 0.6) is 0 Å². The molecule has 0 heterocycles. The lowest BCUT2D eigenvalue weighted by atomic mass is 10.1. The smallest absolute Gasteiger partial charge is 0.211 e. The quantitative estimate of drug-likeness (QED) is 0.227. The second-order valence-corrected chi connectivity index (χ2v) is 7.31. The molecule has 0 N–H and O–H groups in total. The van der Waals surface area contributed by atoms with E-state index in [4.69, 9.17) is 0 Å². The molecule has 0 spiro atoms. The van der Waals surface area contributed by atoms with E-state index in [0.717, 1.165) is 12.8 Å². The number of isocyanates is 3. The molecule has 3 atom stereocenters. The Kier molecular flexibility index (Phi) is 14.5. The second-order valence-electron chi connectivity index (χ2n) is 4.44. The number of thioether (sulfide) groups is 1. The van der Waals surface area contributed by atoms with Gasteiger partial charge in [-0.15, -0.1) is 0 Å². The van der Waals surface area contributed by atoms with Crippen molar-refractivity contribution >= 4 is 55.3 Å². The molecule has 22 heavy (non-hydrogen) atoms. The van der Waals surface area contributed by atoms with E-state index in [2.05, 4.69) is 40.2 Å². The van der Waals surface area contributed by atoms with Gasteiger partial charge in [-0.3, -0.25) is 0 Å².